The quantitative estimate of drug-likeness (QED) is 0.367. The summed E-state index contributed by atoms with van der Waals surface area (Å²) in [4.78, 5) is 11.6. The van der Waals surface area contributed by atoms with E-state index in [0.717, 1.165) is 0 Å². The summed E-state index contributed by atoms with van der Waals surface area (Å²) < 4.78 is 21.6. The lowest BCUT2D eigenvalue weighted by molar-refractivity contribution is -0.146. The second kappa shape index (κ2) is 2.85. The molecule has 2 saturated heterocycles. The summed E-state index contributed by atoms with van der Waals surface area (Å²) in [5.74, 6) is -1.00. The third-order valence-corrected chi connectivity index (χ3v) is 3.19. The van der Waals surface area contributed by atoms with E-state index in [4.69, 9.17) is 18.9 Å². The fourth-order valence-corrected chi connectivity index (χ4v) is 2.45. The van der Waals surface area contributed by atoms with Gasteiger partial charge in [-0.15, -0.1) is 0 Å². The largest absolute Gasteiger partial charge is 0.467 e. The maximum atomic E-state index is 11.6. The monoisotopic (exact) mass is 226 g/mol. The lowest BCUT2D eigenvalue weighted by Gasteiger charge is -2.17. The van der Waals surface area contributed by atoms with Gasteiger partial charge in [0.25, 0.3) is 0 Å². The molecule has 0 spiro atoms. The summed E-state index contributed by atoms with van der Waals surface area (Å²) in [5.41, 5.74) is -0.931. The van der Waals surface area contributed by atoms with E-state index in [0.29, 0.717) is 0 Å². The van der Waals surface area contributed by atoms with Crippen LogP contribution in [0, 0.1) is 0 Å². The smallest absolute Gasteiger partial charge is 0.345 e. The third-order valence-electron chi connectivity index (χ3n) is 3.19. The third kappa shape index (κ3) is 1.19. The van der Waals surface area contributed by atoms with Crippen LogP contribution in [-0.2, 0) is 23.7 Å². The van der Waals surface area contributed by atoms with Gasteiger partial charge in [-0.05, 0) is 19.9 Å². The molecule has 5 nitrogen and oxygen atoms in total. The minimum Gasteiger partial charge on any atom is -0.467 e. The predicted molar refractivity (Wildman–Crippen MR) is 52.6 cm³/mol. The van der Waals surface area contributed by atoms with Crippen LogP contribution in [0.3, 0.4) is 0 Å². The zero-order valence-corrected chi connectivity index (χ0v) is 9.43. The lowest BCUT2D eigenvalue weighted by atomic mass is 9.92. The summed E-state index contributed by atoms with van der Waals surface area (Å²) in [6.07, 6.45) is 2.89. The number of rotatable bonds is 1. The molecule has 1 aliphatic carbocycles. The number of fused-ring (bicyclic) bond motifs is 3. The molecular weight excluding hydrogens is 212 g/mol. The van der Waals surface area contributed by atoms with E-state index >= 15 is 0 Å². The van der Waals surface area contributed by atoms with E-state index in [1.807, 2.05) is 19.9 Å². The fourth-order valence-electron chi connectivity index (χ4n) is 2.45. The number of ether oxygens (including phenoxy) is 4. The second-order valence-corrected chi connectivity index (χ2v) is 4.75. The van der Waals surface area contributed by atoms with Crippen LogP contribution < -0.4 is 0 Å². The summed E-state index contributed by atoms with van der Waals surface area (Å²) in [5, 5.41) is 0. The van der Waals surface area contributed by atoms with Crippen LogP contribution in [-0.4, -0.2) is 42.8 Å². The number of hydrogen-bond donors (Lipinski definition) is 0. The van der Waals surface area contributed by atoms with E-state index in [2.05, 4.69) is 0 Å². The van der Waals surface area contributed by atoms with Crippen molar-refractivity contribution in [1.82, 2.24) is 0 Å². The summed E-state index contributed by atoms with van der Waals surface area (Å²) in [7, 11) is 1.35. The highest BCUT2D eigenvalue weighted by molar-refractivity contribution is 5.86. The molecule has 0 bridgehead atoms. The van der Waals surface area contributed by atoms with Crippen LogP contribution in [0.5, 0.6) is 0 Å². The van der Waals surface area contributed by atoms with Gasteiger partial charge in [-0.2, -0.15) is 0 Å². The Morgan fingerprint density at radius 2 is 2.06 bits per heavy atom. The Balaban J connectivity index is 1.86. The zero-order chi connectivity index (χ0) is 11.6. The molecule has 0 aromatic carbocycles. The molecule has 0 radical (unpaired) electrons. The SMILES string of the molecule is COC(=O)[C@@]12C=C[C@@H]3OC(C)(C)O[C@@H]3[C@@H]1O2. The Kier molecular flexibility index (Phi) is 1.83. The molecule has 0 N–H and O–H groups in total. The molecule has 3 rings (SSSR count). The maximum absolute atomic E-state index is 11.6. The van der Waals surface area contributed by atoms with Crippen molar-refractivity contribution in [2.75, 3.05) is 7.11 Å². The molecule has 2 fully saturated rings. The fraction of sp³-hybridized carbons (Fsp3) is 0.727. The number of esters is 1. The van der Waals surface area contributed by atoms with Crippen molar-refractivity contribution in [1.29, 1.82) is 0 Å². The first kappa shape index (κ1) is 10.3. The number of hydrogen-bond acceptors (Lipinski definition) is 5. The highest BCUT2D eigenvalue weighted by Crippen LogP contribution is 2.50. The zero-order valence-electron chi connectivity index (χ0n) is 9.43. The summed E-state index contributed by atoms with van der Waals surface area (Å²) >= 11 is 0. The number of epoxide rings is 1. The van der Waals surface area contributed by atoms with E-state index in [9.17, 15) is 4.79 Å². The van der Waals surface area contributed by atoms with Crippen molar-refractivity contribution in [2.24, 2.45) is 0 Å². The Labute approximate surface area is 93.3 Å². The highest BCUT2D eigenvalue weighted by atomic mass is 16.8. The Bertz CT molecular complexity index is 375. The van der Waals surface area contributed by atoms with Gasteiger partial charge in [0.2, 0.25) is 5.60 Å². The minimum atomic E-state index is -0.931. The minimum absolute atomic E-state index is 0.139. The topological polar surface area (TPSA) is 57.3 Å². The van der Waals surface area contributed by atoms with Gasteiger partial charge in [0.15, 0.2) is 5.79 Å². The van der Waals surface area contributed by atoms with Gasteiger partial charge in [0, 0.05) is 0 Å². The standard InChI is InChI=1S/C11H14O5/c1-10(2)14-6-4-5-11(9(12)13-3)8(16-11)7(6)15-10/h4-8H,1-3H3/t6-,7-,8-,11+/m0/s1. The van der Waals surface area contributed by atoms with Crippen LogP contribution in [0.2, 0.25) is 0 Å². The lowest BCUT2D eigenvalue weighted by Crippen LogP contribution is -2.39. The van der Waals surface area contributed by atoms with Crippen LogP contribution >= 0.6 is 0 Å². The number of carbonyl (C=O) groups excluding carboxylic acids is 1. The maximum Gasteiger partial charge on any atom is 0.345 e. The predicted octanol–water partition coefficient (Wildman–Crippen LogP) is 0.387. The first-order chi connectivity index (χ1) is 7.48. The van der Waals surface area contributed by atoms with Crippen molar-refractivity contribution in [3.05, 3.63) is 12.2 Å². The van der Waals surface area contributed by atoms with Gasteiger partial charge in [-0.25, -0.2) is 4.79 Å². The molecule has 4 atom stereocenters. The van der Waals surface area contributed by atoms with E-state index < -0.39 is 11.4 Å². The van der Waals surface area contributed by atoms with Crippen LogP contribution in [0.25, 0.3) is 0 Å². The number of methoxy groups -OCH3 is 1. The molecule has 0 aromatic heterocycles. The van der Waals surface area contributed by atoms with Crippen molar-refractivity contribution < 1.29 is 23.7 Å². The molecule has 0 unspecified atom stereocenters. The Morgan fingerprint density at radius 3 is 2.75 bits per heavy atom. The van der Waals surface area contributed by atoms with E-state index in [1.54, 1.807) is 6.08 Å². The van der Waals surface area contributed by atoms with E-state index in [1.165, 1.54) is 7.11 Å². The van der Waals surface area contributed by atoms with Crippen LogP contribution in [0.15, 0.2) is 12.2 Å². The van der Waals surface area contributed by atoms with Crippen molar-refractivity contribution in [3.8, 4) is 0 Å². The molecular formula is C11H14O5. The molecule has 2 heterocycles. The molecule has 0 amide bonds. The normalized spacial score (nSPS) is 47.1. The van der Waals surface area contributed by atoms with Crippen molar-refractivity contribution in [2.45, 2.75) is 43.5 Å². The summed E-state index contributed by atoms with van der Waals surface area (Å²) in [6, 6.07) is 0. The molecule has 0 saturated carbocycles. The first-order valence-electron chi connectivity index (χ1n) is 5.30. The average molecular weight is 226 g/mol. The summed E-state index contributed by atoms with van der Waals surface area (Å²) in [6.45, 7) is 3.70. The van der Waals surface area contributed by atoms with Gasteiger partial charge >= 0.3 is 5.97 Å². The molecule has 16 heavy (non-hydrogen) atoms. The van der Waals surface area contributed by atoms with Crippen LogP contribution in [0.4, 0.5) is 0 Å². The molecule has 88 valence electrons. The van der Waals surface area contributed by atoms with Gasteiger partial charge in [-0.1, -0.05) is 6.08 Å². The average Bonchev–Trinajstić information content (AvgIpc) is 2.89. The van der Waals surface area contributed by atoms with Gasteiger partial charge in [0.1, 0.15) is 18.3 Å². The number of carbonyl (C=O) groups is 1. The molecule has 5 heteroatoms. The first-order valence-corrected chi connectivity index (χ1v) is 5.30. The second-order valence-electron chi connectivity index (χ2n) is 4.75. The Hall–Kier alpha value is -0.910. The van der Waals surface area contributed by atoms with Crippen molar-refractivity contribution >= 4 is 5.97 Å². The van der Waals surface area contributed by atoms with E-state index in [-0.39, 0.29) is 24.3 Å². The van der Waals surface area contributed by atoms with Crippen molar-refractivity contribution in [3.63, 3.8) is 0 Å². The highest BCUT2D eigenvalue weighted by Gasteiger charge is 2.70. The van der Waals surface area contributed by atoms with Crippen LogP contribution in [0.1, 0.15) is 13.8 Å². The molecule has 0 aromatic rings. The molecule has 3 aliphatic rings. The van der Waals surface area contributed by atoms with Gasteiger partial charge in [0.05, 0.1) is 7.11 Å². The van der Waals surface area contributed by atoms with Gasteiger partial charge in [-0.3, -0.25) is 0 Å². The Morgan fingerprint density at radius 1 is 1.31 bits per heavy atom. The van der Waals surface area contributed by atoms with Gasteiger partial charge < -0.3 is 18.9 Å². The molecule has 2 aliphatic heterocycles.